The molecule has 0 aliphatic heterocycles. The monoisotopic (exact) mass is 346 g/mol. The zero-order chi connectivity index (χ0) is 18.4. The molecule has 1 N–H and O–H groups in total. The van der Waals surface area contributed by atoms with Crippen LogP contribution in [0.2, 0.25) is 0 Å². The van der Waals surface area contributed by atoms with Gasteiger partial charge in [-0.3, -0.25) is 4.79 Å². The van der Waals surface area contributed by atoms with E-state index >= 15 is 0 Å². The van der Waals surface area contributed by atoms with Gasteiger partial charge >= 0.3 is 0 Å². The molecule has 0 saturated heterocycles. The van der Waals surface area contributed by atoms with Crippen LogP contribution in [0.15, 0.2) is 67.0 Å². The fourth-order valence-corrected chi connectivity index (χ4v) is 2.71. The van der Waals surface area contributed by atoms with Crippen LogP contribution in [0.3, 0.4) is 0 Å². The van der Waals surface area contributed by atoms with Gasteiger partial charge in [0.2, 0.25) is 0 Å². The lowest BCUT2D eigenvalue weighted by Crippen LogP contribution is -2.19. The second-order valence-corrected chi connectivity index (χ2v) is 6.07. The topological polar surface area (TPSA) is 58.1 Å². The molecule has 0 saturated carbocycles. The lowest BCUT2D eigenvalue weighted by molar-refractivity contribution is 0.102. The van der Waals surface area contributed by atoms with Crippen molar-refractivity contribution < 1.29 is 4.79 Å². The lowest BCUT2D eigenvalue weighted by Gasteiger charge is -2.18. The number of nitrogens with zero attached hydrogens (tertiary/aromatic N) is 3. The fraction of sp³-hybridized carbons (Fsp3) is 0.190. The summed E-state index contributed by atoms with van der Waals surface area (Å²) in [5.41, 5.74) is 3.39. The fourth-order valence-electron chi connectivity index (χ4n) is 2.71. The van der Waals surface area contributed by atoms with Crippen molar-refractivity contribution in [2.45, 2.75) is 19.9 Å². The SMILES string of the molecule is CCc1ccccc1NC(=O)c1cnc(N(C)Cc2ccccc2)cn1. The van der Waals surface area contributed by atoms with Crippen molar-refractivity contribution in [3.63, 3.8) is 0 Å². The van der Waals surface area contributed by atoms with Gasteiger partial charge in [-0.25, -0.2) is 9.97 Å². The van der Waals surface area contributed by atoms with Crippen molar-refractivity contribution in [3.8, 4) is 0 Å². The molecule has 2 aromatic carbocycles. The Morgan fingerprint density at radius 2 is 1.73 bits per heavy atom. The van der Waals surface area contributed by atoms with Gasteiger partial charge < -0.3 is 10.2 Å². The molecule has 0 fully saturated rings. The average molecular weight is 346 g/mol. The summed E-state index contributed by atoms with van der Waals surface area (Å²) >= 11 is 0. The Balaban J connectivity index is 1.68. The van der Waals surface area contributed by atoms with Crippen LogP contribution < -0.4 is 10.2 Å². The van der Waals surface area contributed by atoms with Crippen molar-refractivity contribution in [3.05, 3.63) is 83.8 Å². The Kier molecular flexibility index (Phi) is 5.59. The Bertz CT molecular complexity index is 863. The molecule has 1 aromatic heterocycles. The van der Waals surface area contributed by atoms with Crippen molar-refractivity contribution >= 4 is 17.4 Å². The second kappa shape index (κ2) is 8.25. The maximum atomic E-state index is 12.4. The van der Waals surface area contributed by atoms with Gasteiger partial charge in [0, 0.05) is 19.3 Å². The number of carbonyl (C=O) groups is 1. The number of hydrogen-bond acceptors (Lipinski definition) is 4. The molecule has 1 amide bonds. The smallest absolute Gasteiger partial charge is 0.275 e. The summed E-state index contributed by atoms with van der Waals surface area (Å²) in [6, 6.07) is 17.9. The first kappa shape index (κ1) is 17.6. The van der Waals surface area contributed by atoms with Crippen LogP contribution in [-0.4, -0.2) is 22.9 Å². The summed E-state index contributed by atoms with van der Waals surface area (Å²) in [4.78, 5) is 23.1. The third-order valence-corrected chi connectivity index (χ3v) is 4.17. The number of hydrogen-bond donors (Lipinski definition) is 1. The van der Waals surface area contributed by atoms with Crippen LogP contribution in [0, 0.1) is 0 Å². The van der Waals surface area contributed by atoms with Crippen LogP contribution in [0.5, 0.6) is 0 Å². The number of benzene rings is 2. The summed E-state index contributed by atoms with van der Waals surface area (Å²) in [7, 11) is 1.95. The molecule has 0 aliphatic carbocycles. The van der Waals surface area contributed by atoms with Gasteiger partial charge in [0.05, 0.1) is 12.4 Å². The summed E-state index contributed by atoms with van der Waals surface area (Å²) in [6.45, 7) is 2.78. The molecule has 3 rings (SSSR count). The highest BCUT2D eigenvalue weighted by Crippen LogP contribution is 2.17. The second-order valence-electron chi connectivity index (χ2n) is 6.07. The molecular formula is C21H22N4O. The Labute approximate surface area is 153 Å². The van der Waals surface area contributed by atoms with Gasteiger partial charge in [0.15, 0.2) is 0 Å². The number of aryl methyl sites for hydroxylation is 1. The van der Waals surface area contributed by atoms with Gasteiger partial charge in [-0.2, -0.15) is 0 Å². The van der Waals surface area contributed by atoms with E-state index in [0.29, 0.717) is 5.69 Å². The highest BCUT2D eigenvalue weighted by molar-refractivity contribution is 6.03. The van der Waals surface area contributed by atoms with E-state index in [-0.39, 0.29) is 5.91 Å². The largest absolute Gasteiger partial charge is 0.354 e. The normalized spacial score (nSPS) is 10.4. The zero-order valence-corrected chi connectivity index (χ0v) is 15.0. The maximum Gasteiger partial charge on any atom is 0.275 e. The predicted octanol–water partition coefficient (Wildman–Crippen LogP) is 3.93. The Hall–Kier alpha value is -3.21. The first-order valence-corrected chi connectivity index (χ1v) is 8.63. The van der Waals surface area contributed by atoms with Crippen LogP contribution in [0.1, 0.15) is 28.5 Å². The summed E-state index contributed by atoms with van der Waals surface area (Å²) < 4.78 is 0. The number of para-hydroxylation sites is 1. The number of amides is 1. The Morgan fingerprint density at radius 3 is 2.42 bits per heavy atom. The van der Waals surface area contributed by atoms with Crippen molar-refractivity contribution in [1.29, 1.82) is 0 Å². The lowest BCUT2D eigenvalue weighted by atomic mass is 10.1. The number of aromatic nitrogens is 2. The van der Waals surface area contributed by atoms with E-state index in [1.165, 1.54) is 11.8 Å². The average Bonchev–Trinajstić information content (AvgIpc) is 2.69. The van der Waals surface area contributed by atoms with Crippen LogP contribution in [0.25, 0.3) is 0 Å². The van der Waals surface area contributed by atoms with Gasteiger partial charge in [0.1, 0.15) is 11.5 Å². The van der Waals surface area contributed by atoms with Crippen molar-refractivity contribution in [1.82, 2.24) is 9.97 Å². The minimum atomic E-state index is -0.254. The number of nitrogens with one attached hydrogen (secondary N) is 1. The van der Waals surface area contributed by atoms with Gasteiger partial charge in [-0.05, 0) is 23.6 Å². The third-order valence-electron chi connectivity index (χ3n) is 4.17. The molecule has 0 atom stereocenters. The molecule has 0 radical (unpaired) electrons. The first-order chi connectivity index (χ1) is 12.7. The van der Waals surface area contributed by atoms with E-state index in [1.54, 1.807) is 6.20 Å². The molecule has 5 nitrogen and oxygen atoms in total. The van der Waals surface area contributed by atoms with E-state index in [0.717, 1.165) is 30.0 Å². The van der Waals surface area contributed by atoms with Crippen LogP contribution >= 0.6 is 0 Å². The van der Waals surface area contributed by atoms with Crippen LogP contribution in [0.4, 0.5) is 11.5 Å². The van der Waals surface area contributed by atoms with E-state index < -0.39 is 0 Å². The molecule has 5 heteroatoms. The van der Waals surface area contributed by atoms with E-state index in [1.807, 2.05) is 54.4 Å². The predicted molar refractivity (Wildman–Crippen MR) is 104 cm³/mol. The van der Waals surface area contributed by atoms with E-state index in [4.69, 9.17) is 0 Å². The molecule has 0 bridgehead atoms. The molecule has 3 aromatic rings. The Morgan fingerprint density at radius 1 is 1.00 bits per heavy atom. The molecule has 0 spiro atoms. The number of carbonyl (C=O) groups excluding carboxylic acids is 1. The summed E-state index contributed by atoms with van der Waals surface area (Å²) in [5, 5.41) is 2.91. The summed E-state index contributed by atoms with van der Waals surface area (Å²) in [5.74, 6) is 0.468. The molecule has 132 valence electrons. The van der Waals surface area contributed by atoms with Crippen molar-refractivity contribution in [2.75, 3.05) is 17.3 Å². The van der Waals surface area contributed by atoms with E-state index in [2.05, 4.69) is 34.3 Å². The van der Waals surface area contributed by atoms with E-state index in [9.17, 15) is 4.79 Å². The van der Waals surface area contributed by atoms with Crippen LogP contribution in [-0.2, 0) is 13.0 Å². The highest BCUT2D eigenvalue weighted by Gasteiger charge is 2.11. The van der Waals surface area contributed by atoms with Gasteiger partial charge in [-0.1, -0.05) is 55.5 Å². The number of anilines is 2. The number of rotatable bonds is 6. The minimum absolute atomic E-state index is 0.254. The standard InChI is InChI=1S/C21H22N4O/c1-3-17-11-7-8-12-18(17)24-21(26)19-13-23-20(14-22-19)25(2)15-16-9-5-4-6-10-16/h4-14H,3,15H2,1-2H3,(H,24,26). The molecule has 0 unspecified atom stereocenters. The quantitative estimate of drug-likeness (QED) is 0.735. The molecular weight excluding hydrogens is 324 g/mol. The molecule has 0 aliphatic rings. The molecule has 1 heterocycles. The third kappa shape index (κ3) is 4.25. The minimum Gasteiger partial charge on any atom is -0.354 e. The van der Waals surface area contributed by atoms with Crippen molar-refractivity contribution in [2.24, 2.45) is 0 Å². The highest BCUT2D eigenvalue weighted by atomic mass is 16.1. The van der Waals surface area contributed by atoms with Gasteiger partial charge in [-0.15, -0.1) is 0 Å². The van der Waals surface area contributed by atoms with Gasteiger partial charge in [0.25, 0.3) is 5.91 Å². The zero-order valence-electron chi connectivity index (χ0n) is 15.0. The first-order valence-electron chi connectivity index (χ1n) is 8.63. The maximum absolute atomic E-state index is 12.4. The summed E-state index contributed by atoms with van der Waals surface area (Å²) in [6.07, 6.45) is 4.00. The molecule has 26 heavy (non-hydrogen) atoms.